The van der Waals surface area contributed by atoms with Crippen molar-refractivity contribution >= 4 is 22.1 Å². The van der Waals surface area contributed by atoms with Crippen LogP contribution in [0.3, 0.4) is 0 Å². The third-order valence-corrected chi connectivity index (χ3v) is 5.32. The normalized spacial score (nSPS) is 13.3. The van der Waals surface area contributed by atoms with E-state index in [1.807, 2.05) is 12.1 Å². The number of esters is 2. The summed E-state index contributed by atoms with van der Waals surface area (Å²) in [4.78, 5) is 24.2. The predicted octanol–water partition coefficient (Wildman–Crippen LogP) is 0.979. The van der Waals surface area contributed by atoms with Crippen LogP contribution < -0.4 is 9.44 Å². The lowest BCUT2D eigenvalue weighted by Gasteiger charge is -2.20. The van der Waals surface area contributed by atoms with Gasteiger partial charge in [-0.25, -0.2) is 0 Å². The second kappa shape index (κ2) is 10.7. The summed E-state index contributed by atoms with van der Waals surface area (Å²) in [6.45, 7) is 0. The molecule has 0 amide bonds. The van der Waals surface area contributed by atoms with E-state index in [0.717, 1.165) is 11.1 Å². The monoisotopic (exact) mass is 420 g/mol. The van der Waals surface area contributed by atoms with Gasteiger partial charge < -0.3 is 9.47 Å². The van der Waals surface area contributed by atoms with Crippen molar-refractivity contribution in [1.82, 2.24) is 9.44 Å². The number of carbonyl (C=O) groups excluding carboxylic acids is 2. The molecule has 9 heteroatoms. The molecule has 0 aliphatic rings. The van der Waals surface area contributed by atoms with Crippen LogP contribution in [0.5, 0.6) is 0 Å². The van der Waals surface area contributed by atoms with E-state index in [2.05, 4.69) is 9.44 Å². The second-order valence-corrected chi connectivity index (χ2v) is 7.75. The van der Waals surface area contributed by atoms with Crippen LogP contribution in [0.25, 0.3) is 0 Å². The van der Waals surface area contributed by atoms with E-state index in [1.54, 1.807) is 48.5 Å². The van der Waals surface area contributed by atoms with E-state index in [0.29, 0.717) is 0 Å². The fraction of sp³-hybridized carbons (Fsp3) is 0.300. The van der Waals surface area contributed by atoms with Gasteiger partial charge >= 0.3 is 11.9 Å². The van der Waals surface area contributed by atoms with Gasteiger partial charge in [-0.2, -0.15) is 17.9 Å². The van der Waals surface area contributed by atoms with Crippen LogP contribution in [-0.2, 0) is 42.1 Å². The number of carbonyl (C=O) groups is 2. The molecular weight excluding hydrogens is 396 g/mol. The summed E-state index contributed by atoms with van der Waals surface area (Å²) in [6.07, 6.45) is 0.187. The van der Waals surface area contributed by atoms with Gasteiger partial charge in [0.2, 0.25) is 0 Å². The van der Waals surface area contributed by atoms with Crippen LogP contribution in [0.2, 0.25) is 0 Å². The Hall–Kier alpha value is -2.75. The van der Waals surface area contributed by atoms with Crippen LogP contribution >= 0.6 is 0 Å². The molecule has 2 atom stereocenters. The lowest BCUT2D eigenvalue weighted by molar-refractivity contribution is -0.143. The van der Waals surface area contributed by atoms with Gasteiger partial charge in [-0.15, -0.1) is 0 Å². The number of hydrogen-bond acceptors (Lipinski definition) is 6. The van der Waals surface area contributed by atoms with Crippen molar-refractivity contribution in [1.29, 1.82) is 0 Å². The minimum absolute atomic E-state index is 0.0933. The molecule has 0 saturated heterocycles. The first-order valence-corrected chi connectivity index (χ1v) is 10.4. The Morgan fingerprint density at radius 3 is 1.41 bits per heavy atom. The minimum atomic E-state index is -4.23. The summed E-state index contributed by atoms with van der Waals surface area (Å²) in [5.41, 5.74) is 1.50. The highest BCUT2D eigenvalue weighted by Crippen LogP contribution is 2.08. The Kier molecular flexibility index (Phi) is 8.32. The van der Waals surface area contributed by atoms with E-state index in [9.17, 15) is 18.0 Å². The number of benzene rings is 2. The number of rotatable bonds is 10. The molecule has 2 rings (SSSR count). The Balaban J connectivity index is 2.15. The molecule has 0 unspecified atom stereocenters. The SMILES string of the molecule is COC(=O)[C@@H](Cc1ccccc1)NS(=O)(=O)N[C@H](Cc1ccccc1)C(=O)OC. The standard InChI is InChI=1S/C20H24N2O6S/c1-27-19(23)17(13-15-9-5-3-6-10-15)21-29(25,26)22-18(20(24)28-2)14-16-11-7-4-8-12-16/h3-12,17-18,21-22H,13-14H2,1-2H3/t17-,18-/m1/s1. The van der Waals surface area contributed by atoms with E-state index >= 15 is 0 Å². The van der Waals surface area contributed by atoms with Crippen molar-refractivity contribution in [2.45, 2.75) is 24.9 Å². The maximum atomic E-state index is 12.6. The van der Waals surface area contributed by atoms with Gasteiger partial charge in [0.15, 0.2) is 0 Å². The smallest absolute Gasteiger partial charge is 0.324 e. The summed E-state index contributed by atoms with van der Waals surface area (Å²) in [5, 5.41) is 0. The van der Waals surface area contributed by atoms with Crippen molar-refractivity contribution < 1.29 is 27.5 Å². The molecular formula is C20H24N2O6S. The van der Waals surface area contributed by atoms with Crippen LogP contribution in [0.1, 0.15) is 11.1 Å². The average molecular weight is 420 g/mol. The molecule has 0 aromatic heterocycles. The third-order valence-electron chi connectivity index (χ3n) is 4.13. The molecule has 2 aromatic carbocycles. The van der Waals surface area contributed by atoms with Crippen LogP contribution in [0.4, 0.5) is 0 Å². The maximum absolute atomic E-state index is 12.6. The summed E-state index contributed by atoms with van der Waals surface area (Å²) in [5.74, 6) is -1.48. The fourth-order valence-electron chi connectivity index (χ4n) is 2.74. The summed E-state index contributed by atoms with van der Waals surface area (Å²) < 4.78 is 39.2. The van der Waals surface area contributed by atoms with Crippen LogP contribution in [-0.4, -0.2) is 46.7 Å². The van der Waals surface area contributed by atoms with E-state index in [-0.39, 0.29) is 12.8 Å². The van der Waals surface area contributed by atoms with Crippen molar-refractivity contribution in [2.75, 3.05) is 14.2 Å². The van der Waals surface area contributed by atoms with Gasteiger partial charge in [-0.1, -0.05) is 60.7 Å². The van der Waals surface area contributed by atoms with Gasteiger partial charge in [-0.05, 0) is 24.0 Å². The summed E-state index contributed by atoms with van der Waals surface area (Å²) >= 11 is 0. The highest BCUT2D eigenvalue weighted by molar-refractivity contribution is 7.87. The quantitative estimate of drug-likeness (QED) is 0.555. The maximum Gasteiger partial charge on any atom is 0.324 e. The number of hydrogen-bond donors (Lipinski definition) is 2. The molecule has 0 bridgehead atoms. The Bertz CT molecular complexity index is 834. The number of methoxy groups -OCH3 is 2. The molecule has 29 heavy (non-hydrogen) atoms. The molecule has 0 aliphatic heterocycles. The Morgan fingerprint density at radius 1 is 0.759 bits per heavy atom. The molecule has 0 heterocycles. The molecule has 0 spiro atoms. The van der Waals surface area contributed by atoms with E-state index in [4.69, 9.17) is 9.47 Å². The van der Waals surface area contributed by atoms with Gasteiger partial charge in [0, 0.05) is 0 Å². The van der Waals surface area contributed by atoms with Crippen molar-refractivity contribution in [3.8, 4) is 0 Å². The summed E-state index contributed by atoms with van der Waals surface area (Å²) in [6, 6.07) is 15.5. The van der Waals surface area contributed by atoms with Gasteiger partial charge in [-0.3, -0.25) is 9.59 Å². The molecule has 156 valence electrons. The minimum Gasteiger partial charge on any atom is -0.468 e. The number of ether oxygens (including phenoxy) is 2. The fourth-order valence-corrected chi connectivity index (χ4v) is 3.92. The lowest BCUT2D eigenvalue weighted by Crippen LogP contribution is -2.53. The first kappa shape index (κ1) is 22.5. The Labute approximate surface area is 170 Å². The predicted molar refractivity (Wildman–Crippen MR) is 107 cm³/mol. The second-order valence-electron chi connectivity index (χ2n) is 6.27. The van der Waals surface area contributed by atoms with Crippen LogP contribution in [0.15, 0.2) is 60.7 Å². The van der Waals surface area contributed by atoms with Gasteiger partial charge in [0.1, 0.15) is 12.1 Å². The highest BCUT2D eigenvalue weighted by atomic mass is 32.2. The zero-order chi connectivity index (χ0) is 21.3. The highest BCUT2D eigenvalue weighted by Gasteiger charge is 2.30. The van der Waals surface area contributed by atoms with Crippen molar-refractivity contribution in [2.24, 2.45) is 0 Å². The zero-order valence-corrected chi connectivity index (χ0v) is 17.0. The first-order valence-electron chi connectivity index (χ1n) is 8.87. The molecule has 8 nitrogen and oxygen atoms in total. The van der Waals surface area contributed by atoms with Crippen LogP contribution in [0, 0.1) is 0 Å². The third kappa shape index (κ3) is 7.30. The lowest BCUT2D eigenvalue weighted by atomic mass is 10.1. The van der Waals surface area contributed by atoms with Crippen molar-refractivity contribution in [3.63, 3.8) is 0 Å². The molecule has 0 saturated carbocycles. The first-order chi connectivity index (χ1) is 13.8. The molecule has 0 aliphatic carbocycles. The topological polar surface area (TPSA) is 111 Å². The molecule has 0 fully saturated rings. The van der Waals surface area contributed by atoms with E-state index in [1.165, 1.54) is 14.2 Å². The van der Waals surface area contributed by atoms with E-state index < -0.39 is 34.2 Å². The molecule has 2 N–H and O–H groups in total. The largest absolute Gasteiger partial charge is 0.468 e. The zero-order valence-electron chi connectivity index (χ0n) is 16.2. The molecule has 2 aromatic rings. The van der Waals surface area contributed by atoms with Gasteiger partial charge in [0.05, 0.1) is 14.2 Å². The Morgan fingerprint density at radius 2 is 1.10 bits per heavy atom. The van der Waals surface area contributed by atoms with Crippen molar-refractivity contribution in [3.05, 3.63) is 71.8 Å². The number of nitrogens with one attached hydrogen (secondary N) is 2. The summed E-state index contributed by atoms with van der Waals surface area (Å²) in [7, 11) is -1.88. The molecule has 0 radical (unpaired) electrons. The average Bonchev–Trinajstić information content (AvgIpc) is 2.72. The van der Waals surface area contributed by atoms with Gasteiger partial charge in [0.25, 0.3) is 10.2 Å².